The molecule has 2 amide bonds. The van der Waals surface area contributed by atoms with Crippen LogP contribution in [0.1, 0.15) is 6.42 Å². The summed E-state index contributed by atoms with van der Waals surface area (Å²) in [5.41, 5.74) is 0.616. The van der Waals surface area contributed by atoms with Gasteiger partial charge in [0.1, 0.15) is 0 Å². The molecule has 6 rings (SSSR count). The Morgan fingerprint density at radius 1 is 1.05 bits per heavy atom. The van der Waals surface area contributed by atoms with Gasteiger partial charge in [-0.3, -0.25) is 14.6 Å². The molecule has 4 nitrogen and oxygen atoms in total. The lowest BCUT2D eigenvalue weighted by Crippen LogP contribution is -2.40. The third-order valence-corrected chi connectivity index (χ3v) is 5.57. The topological polar surface area (TPSA) is 50.3 Å². The molecule has 2 saturated carbocycles. The zero-order chi connectivity index (χ0) is 13.4. The highest BCUT2D eigenvalue weighted by Crippen LogP contribution is 2.65. The molecule has 100 valence electrons. The van der Waals surface area contributed by atoms with Gasteiger partial charge in [-0.1, -0.05) is 12.2 Å². The molecule has 3 fully saturated rings. The molecular formula is C16H14N2O2. The van der Waals surface area contributed by atoms with E-state index in [0.29, 0.717) is 17.5 Å². The van der Waals surface area contributed by atoms with Gasteiger partial charge in [-0.2, -0.15) is 0 Å². The van der Waals surface area contributed by atoms with E-state index in [9.17, 15) is 9.59 Å². The summed E-state index contributed by atoms with van der Waals surface area (Å²) in [6.07, 6.45) is 8.84. The third-order valence-electron chi connectivity index (χ3n) is 5.57. The zero-order valence-corrected chi connectivity index (χ0v) is 10.8. The first-order valence-electron chi connectivity index (χ1n) is 7.23. The molecule has 2 heterocycles. The van der Waals surface area contributed by atoms with Crippen molar-refractivity contribution in [1.82, 2.24) is 4.98 Å². The minimum atomic E-state index is -0.124. The maximum atomic E-state index is 12.7. The third kappa shape index (κ3) is 1.11. The van der Waals surface area contributed by atoms with Crippen LogP contribution >= 0.6 is 0 Å². The van der Waals surface area contributed by atoms with Crippen molar-refractivity contribution in [3.63, 3.8) is 0 Å². The molecule has 20 heavy (non-hydrogen) atoms. The smallest absolute Gasteiger partial charge is 0.238 e. The van der Waals surface area contributed by atoms with Gasteiger partial charge in [0.05, 0.1) is 23.7 Å². The second-order valence-electron chi connectivity index (χ2n) is 6.38. The number of rotatable bonds is 1. The van der Waals surface area contributed by atoms with E-state index >= 15 is 0 Å². The van der Waals surface area contributed by atoms with Crippen molar-refractivity contribution in [3.8, 4) is 0 Å². The number of imide groups is 1. The van der Waals surface area contributed by atoms with E-state index in [-0.39, 0.29) is 35.5 Å². The number of hydrogen-bond donors (Lipinski definition) is 0. The summed E-state index contributed by atoms with van der Waals surface area (Å²) in [4.78, 5) is 30.9. The Hall–Kier alpha value is -1.97. The molecule has 4 heteroatoms. The maximum absolute atomic E-state index is 12.7. The van der Waals surface area contributed by atoms with E-state index < -0.39 is 0 Å². The minimum absolute atomic E-state index is 0.0160. The average molecular weight is 266 g/mol. The highest BCUT2D eigenvalue weighted by molar-refractivity contribution is 6.22. The van der Waals surface area contributed by atoms with Crippen LogP contribution in [0, 0.1) is 35.5 Å². The number of hydrogen-bond acceptors (Lipinski definition) is 3. The lowest BCUT2D eigenvalue weighted by atomic mass is 9.63. The van der Waals surface area contributed by atoms with Gasteiger partial charge >= 0.3 is 0 Å². The van der Waals surface area contributed by atoms with Crippen molar-refractivity contribution in [1.29, 1.82) is 0 Å². The minimum Gasteiger partial charge on any atom is -0.274 e. The summed E-state index contributed by atoms with van der Waals surface area (Å²) < 4.78 is 0. The molecule has 0 radical (unpaired) electrons. The fourth-order valence-electron chi connectivity index (χ4n) is 4.70. The van der Waals surface area contributed by atoms with Gasteiger partial charge in [0, 0.05) is 6.20 Å². The van der Waals surface area contributed by atoms with Gasteiger partial charge in [-0.25, -0.2) is 4.90 Å². The van der Waals surface area contributed by atoms with Crippen molar-refractivity contribution >= 4 is 17.5 Å². The van der Waals surface area contributed by atoms with Crippen LogP contribution in [0.4, 0.5) is 5.69 Å². The number of allylic oxidation sites excluding steroid dienone is 2. The number of carbonyl (C=O) groups is 2. The number of anilines is 1. The second kappa shape index (κ2) is 3.37. The Morgan fingerprint density at radius 3 is 2.25 bits per heavy atom. The lowest BCUT2D eigenvalue weighted by molar-refractivity contribution is -0.124. The number of carbonyl (C=O) groups excluding carboxylic acids is 2. The predicted octanol–water partition coefficient (Wildman–Crippen LogP) is 1.64. The first-order chi connectivity index (χ1) is 9.77. The molecule has 1 aromatic rings. The van der Waals surface area contributed by atoms with Crippen molar-refractivity contribution in [2.45, 2.75) is 6.42 Å². The Kier molecular flexibility index (Phi) is 1.82. The van der Waals surface area contributed by atoms with E-state index in [1.54, 1.807) is 24.5 Å². The fraction of sp³-hybridized carbons (Fsp3) is 0.438. The molecule has 5 aliphatic rings. The van der Waals surface area contributed by atoms with Gasteiger partial charge in [0.15, 0.2) is 0 Å². The Bertz CT molecular complexity index is 618. The number of nitrogens with zero attached hydrogens (tertiary/aromatic N) is 2. The van der Waals surface area contributed by atoms with Crippen molar-refractivity contribution in [2.75, 3.05) is 4.90 Å². The number of aromatic nitrogens is 1. The van der Waals surface area contributed by atoms with Crippen LogP contribution < -0.4 is 4.90 Å². The molecule has 1 saturated heterocycles. The van der Waals surface area contributed by atoms with Gasteiger partial charge < -0.3 is 0 Å². The molecule has 4 aliphatic carbocycles. The monoisotopic (exact) mass is 266 g/mol. The van der Waals surface area contributed by atoms with Crippen molar-refractivity contribution < 1.29 is 9.59 Å². The van der Waals surface area contributed by atoms with E-state index in [4.69, 9.17) is 0 Å². The summed E-state index contributed by atoms with van der Waals surface area (Å²) in [5.74, 6) is 1.59. The predicted molar refractivity (Wildman–Crippen MR) is 71.4 cm³/mol. The molecule has 0 unspecified atom stereocenters. The molecule has 2 bridgehead atoms. The number of amides is 2. The molecule has 6 atom stereocenters. The molecular weight excluding hydrogens is 252 g/mol. The summed E-state index contributed by atoms with van der Waals surface area (Å²) in [5, 5.41) is 0. The molecule has 1 aliphatic heterocycles. The van der Waals surface area contributed by atoms with Gasteiger partial charge in [0.2, 0.25) is 11.8 Å². The first-order valence-corrected chi connectivity index (χ1v) is 7.23. The highest BCUT2D eigenvalue weighted by atomic mass is 16.2. The molecule has 0 N–H and O–H groups in total. The van der Waals surface area contributed by atoms with Crippen LogP contribution in [0.3, 0.4) is 0 Å². The normalized spacial score (nSPS) is 43.7. The van der Waals surface area contributed by atoms with Gasteiger partial charge in [-0.15, -0.1) is 0 Å². The molecule has 0 aromatic carbocycles. The zero-order valence-electron chi connectivity index (χ0n) is 10.8. The van der Waals surface area contributed by atoms with Crippen LogP contribution in [-0.4, -0.2) is 16.8 Å². The lowest BCUT2D eigenvalue weighted by Gasteiger charge is -2.37. The van der Waals surface area contributed by atoms with Crippen molar-refractivity contribution in [2.24, 2.45) is 35.5 Å². The van der Waals surface area contributed by atoms with Crippen LogP contribution in [0.2, 0.25) is 0 Å². The Labute approximate surface area is 116 Å². The van der Waals surface area contributed by atoms with Crippen LogP contribution in [0.25, 0.3) is 0 Å². The maximum Gasteiger partial charge on any atom is 0.238 e. The fourth-order valence-corrected chi connectivity index (χ4v) is 4.70. The summed E-state index contributed by atoms with van der Waals surface area (Å²) in [6.45, 7) is 0. The standard InChI is InChI=1S/C16H14N2O2/c19-15-13-9-3-4-10(12-6-11(9)12)14(13)16(20)18(15)8-2-1-5-17-7-8/h1-5,7,9-14H,6H2/t9-,10+,11-,12-,13+,14+/m1/s1. The molecule has 1 aromatic heterocycles. The summed E-state index contributed by atoms with van der Waals surface area (Å²) in [7, 11) is 0. The summed E-state index contributed by atoms with van der Waals surface area (Å²) >= 11 is 0. The average Bonchev–Trinajstić information content (AvgIpc) is 3.25. The van der Waals surface area contributed by atoms with Gasteiger partial charge in [-0.05, 0) is 42.2 Å². The van der Waals surface area contributed by atoms with Gasteiger partial charge in [0.25, 0.3) is 0 Å². The van der Waals surface area contributed by atoms with E-state index in [0.717, 1.165) is 0 Å². The Balaban J connectivity index is 1.61. The summed E-state index contributed by atoms with van der Waals surface area (Å²) in [6, 6.07) is 3.55. The van der Waals surface area contributed by atoms with Crippen LogP contribution in [0.5, 0.6) is 0 Å². The van der Waals surface area contributed by atoms with Crippen LogP contribution in [-0.2, 0) is 9.59 Å². The molecule has 0 spiro atoms. The largest absolute Gasteiger partial charge is 0.274 e. The van der Waals surface area contributed by atoms with Crippen LogP contribution in [0.15, 0.2) is 36.7 Å². The van der Waals surface area contributed by atoms with E-state index in [2.05, 4.69) is 17.1 Å². The second-order valence-corrected chi connectivity index (χ2v) is 6.38. The Morgan fingerprint density at radius 2 is 1.70 bits per heavy atom. The SMILES string of the molecule is O=C1[C@H]2[C@@H]3C=C[C@@H]([C@H]4C[C@H]34)[C@@H]2C(=O)N1c1cccnc1. The van der Waals surface area contributed by atoms with E-state index in [1.807, 2.05) is 0 Å². The van der Waals surface area contributed by atoms with E-state index in [1.165, 1.54) is 11.3 Å². The van der Waals surface area contributed by atoms with Crippen molar-refractivity contribution in [3.05, 3.63) is 36.7 Å². The first kappa shape index (κ1) is 10.8. The highest BCUT2D eigenvalue weighted by Gasteiger charge is 2.67. The quantitative estimate of drug-likeness (QED) is 0.573. The number of pyridine rings is 1.